The second-order valence-corrected chi connectivity index (χ2v) is 7.39. The Labute approximate surface area is 163 Å². The Morgan fingerprint density at radius 1 is 1.20 bits per heavy atom. The lowest BCUT2D eigenvalue weighted by molar-refractivity contribution is -0.640. The molecule has 0 aliphatic rings. The van der Waals surface area contributed by atoms with Crippen molar-refractivity contribution < 1.29 is 9.58 Å². The maximum Gasteiger partial charge on any atom is 0.270 e. The van der Waals surface area contributed by atoms with Crippen molar-refractivity contribution in [2.75, 3.05) is 7.11 Å². The molecule has 0 aliphatic heterocycles. The quantitative estimate of drug-likeness (QED) is 0.313. The van der Waals surface area contributed by atoms with E-state index in [9.17, 15) is 5.21 Å². The molecule has 4 rings (SSSR count). The number of ether oxygens (including phenoxy) is 1. The monoisotopic (exact) mass is 482 g/mol. The minimum atomic E-state index is 0.375. The maximum atomic E-state index is 12.2. The summed E-state index contributed by atoms with van der Waals surface area (Å²) < 4.78 is 8.50. The molecule has 0 bridgehead atoms. The van der Waals surface area contributed by atoms with E-state index < -0.39 is 0 Å². The van der Waals surface area contributed by atoms with Crippen molar-refractivity contribution in [1.82, 2.24) is 14.7 Å². The molecule has 2 heterocycles. The van der Waals surface area contributed by atoms with Gasteiger partial charge in [0.05, 0.1) is 11.6 Å². The van der Waals surface area contributed by atoms with Crippen molar-refractivity contribution in [3.63, 3.8) is 0 Å². The van der Waals surface area contributed by atoms with Crippen LogP contribution in [0.5, 0.6) is 5.75 Å². The van der Waals surface area contributed by atoms with Crippen LogP contribution in [0, 0.1) is 5.21 Å². The first-order chi connectivity index (χ1) is 12.0. The van der Waals surface area contributed by atoms with Gasteiger partial charge in [0.15, 0.2) is 0 Å². The number of hydrogen-bond acceptors (Lipinski definition) is 4. The molecule has 0 saturated carbocycles. The summed E-state index contributed by atoms with van der Waals surface area (Å²) in [6.45, 7) is 0. The van der Waals surface area contributed by atoms with Gasteiger partial charge in [-0.25, -0.2) is 4.52 Å². The Hall–Kier alpha value is -1.90. The average molecular weight is 485 g/mol. The summed E-state index contributed by atoms with van der Waals surface area (Å²) >= 11 is 13.1. The molecule has 2 aromatic heterocycles. The molecule has 9 heteroatoms. The molecule has 0 N–H and O–H groups in total. The molecule has 0 aliphatic carbocycles. The van der Waals surface area contributed by atoms with E-state index in [1.165, 1.54) is 0 Å². The molecule has 0 saturated heterocycles. The third kappa shape index (κ3) is 2.65. The number of methoxy groups -OCH3 is 1. The minimum absolute atomic E-state index is 0.375. The third-order valence-corrected chi connectivity index (χ3v) is 5.24. The molecular weight excluding hydrogens is 475 g/mol. The van der Waals surface area contributed by atoms with Crippen LogP contribution in [0.3, 0.4) is 0 Å². The van der Waals surface area contributed by atoms with E-state index in [-0.39, 0.29) is 0 Å². The molecule has 0 fully saturated rings. The molecule has 0 spiro atoms. The van der Waals surface area contributed by atoms with Crippen molar-refractivity contribution in [1.29, 1.82) is 0 Å². The molecule has 126 valence electrons. The van der Waals surface area contributed by atoms with Gasteiger partial charge in [-0.2, -0.15) is 5.10 Å². The summed E-state index contributed by atoms with van der Waals surface area (Å²) in [5.74, 6) is 0.657. The number of rotatable bonds is 2. The molecule has 2 aromatic carbocycles. The van der Waals surface area contributed by atoms with E-state index in [2.05, 4.69) is 42.1 Å². The van der Waals surface area contributed by atoms with Gasteiger partial charge in [-0.3, -0.25) is 0 Å². The summed E-state index contributed by atoms with van der Waals surface area (Å²) in [6.07, 6.45) is 0. The van der Waals surface area contributed by atoms with Gasteiger partial charge in [0.1, 0.15) is 17.0 Å². The van der Waals surface area contributed by atoms with E-state index >= 15 is 0 Å². The van der Waals surface area contributed by atoms with Gasteiger partial charge in [-0.1, -0.05) is 27.5 Å². The van der Waals surface area contributed by atoms with Crippen LogP contribution in [-0.4, -0.2) is 21.8 Å². The fraction of sp³-hybridized carbons (Fsp3) is 0.0625. The molecule has 0 radical (unpaired) electrons. The second kappa shape index (κ2) is 6.12. The number of hydrogen-bond donors (Lipinski definition) is 0. The highest BCUT2D eigenvalue weighted by Crippen LogP contribution is 2.38. The second-order valence-electron chi connectivity index (χ2n) is 5.25. The zero-order valence-electron chi connectivity index (χ0n) is 12.7. The standard InChI is InChI=1S/C16H9Br2ClN4O2/c1-25-13-5-2-8(17)6-10(13)15-14(18)16-21-23(24)11-4-3-9(19)7-12(11)22(16)20-15/h2-7H,1H3. The maximum absolute atomic E-state index is 12.2. The molecule has 4 aromatic rings. The van der Waals surface area contributed by atoms with E-state index in [0.717, 1.165) is 10.0 Å². The number of nitrogens with zero attached hydrogens (tertiary/aromatic N) is 4. The van der Waals surface area contributed by atoms with Crippen LogP contribution >= 0.6 is 43.5 Å². The van der Waals surface area contributed by atoms with Crippen molar-refractivity contribution in [3.8, 4) is 17.0 Å². The smallest absolute Gasteiger partial charge is 0.270 e. The molecule has 0 atom stereocenters. The van der Waals surface area contributed by atoms with E-state index in [0.29, 0.717) is 42.5 Å². The molecule has 25 heavy (non-hydrogen) atoms. The third-order valence-electron chi connectivity index (χ3n) is 3.78. The van der Waals surface area contributed by atoms with Crippen LogP contribution in [0.25, 0.3) is 27.9 Å². The molecular formula is C16H9Br2ClN4O2. The van der Waals surface area contributed by atoms with Crippen molar-refractivity contribution >= 4 is 60.1 Å². The Morgan fingerprint density at radius 3 is 2.76 bits per heavy atom. The van der Waals surface area contributed by atoms with E-state index in [1.807, 2.05) is 18.2 Å². The first-order valence-electron chi connectivity index (χ1n) is 7.11. The molecule has 6 nitrogen and oxygen atoms in total. The highest BCUT2D eigenvalue weighted by Gasteiger charge is 2.22. The lowest BCUT2D eigenvalue weighted by atomic mass is 10.1. The van der Waals surface area contributed by atoms with Gasteiger partial charge < -0.3 is 9.94 Å². The minimum Gasteiger partial charge on any atom is -0.594 e. The van der Waals surface area contributed by atoms with Crippen LogP contribution in [0.4, 0.5) is 0 Å². The van der Waals surface area contributed by atoms with Crippen LogP contribution in [0.2, 0.25) is 5.02 Å². The van der Waals surface area contributed by atoms with Gasteiger partial charge in [0.25, 0.3) is 5.52 Å². The van der Waals surface area contributed by atoms with Gasteiger partial charge >= 0.3 is 0 Å². The Balaban J connectivity index is 2.11. The number of fused-ring (bicyclic) bond motifs is 3. The van der Waals surface area contributed by atoms with Crippen molar-refractivity contribution in [2.24, 2.45) is 0 Å². The van der Waals surface area contributed by atoms with Crippen LogP contribution in [0.15, 0.2) is 45.3 Å². The van der Waals surface area contributed by atoms with Crippen molar-refractivity contribution in [2.45, 2.75) is 0 Å². The SMILES string of the molecule is COc1ccc(Br)cc1-c1nn2c(n[n+]([O-])c3ccc(Cl)cc32)c1Br. The highest BCUT2D eigenvalue weighted by molar-refractivity contribution is 9.11. The first kappa shape index (κ1) is 16.6. The zero-order valence-corrected chi connectivity index (χ0v) is 16.6. The summed E-state index contributed by atoms with van der Waals surface area (Å²) in [5, 5.41) is 21.5. The van der Waals surface area contributed by atoms with Crippen LogP contribution in [-0.2, 0) is 0 Å². The Kier molecular flexibility index (Phi) is 4.05. The van der Waals surface area contributed by atoms with E-state index in [4.69, 9.17) is 16.3 Å². The predicted molar refractivity (Wildman–Crippen MR) is 102 cm³/mol. The number of benzene rings is 2. The van der Waals surface area contributed by atoms with E-state index in [1.54, 1.807) is 29.8 Å². The van der Waals surface area contributed by atoms with Crippen LogP contribution < -0.4 is 9.58 Å². The number of halogens is 3. The summed E-state index contributed by atoms with van der Waals surface area (Å²) in [6, 6.07) is 10.6. The van der Waals surface area contributed by atoms with Crippen LogP contribution in [0.1, 0.15) is 0 Å². The summed E-state index contributed by atoms with van der Waals surface area (Å²) in [7, 11) is 1.59. The fourth-order valence-corrected chi connectivity index (χ4v) is 3.72. The normalized spacial score (nSPS) is 11.4. The van der Waals surface area contributed by atoms with Gasteiger partial charge in [-0.15, -0.1) is 0 Å². The molecule has 0 unspecified atom stereocenters. The largest absolute Gasteiger partial charge is 0.594 e. The van der Waals surface area contributed by atoms with Gasteiger partial charge in [0, 0.05) is 26.2 Å². The first-order valence-corrected chi connectivity index (χ1v) is 9.07. The van der Waals surface area contributed by atoms with Gasteiger partial charge in [-0.05, 0) is 51.1 Å². The number of aromatic nitrogens is 4. The fourth-order valence-electron chi connectivity index (χ4n) is 2.65. The summed E-state index contributed by atoms with van der Waals surface area (Å²) in [5.41, 5.74) is 2.70. The lowest BCUT2D eigenvalue weighted by Crippen LogP contribution is -2.33. The zero-order chi connectivity index (χ0) is 17.7. The average Bonchev–Trinajstić information content (AvgIpc) is 2.92. The van der Waals surface area contributed by atoms with Crippen molar-refractivity contribution in [3.05, 3.63) is 55.6 Å². The molecule has 0 amide bonds. The Bertz CT molecular complexity index is 1150. The topological polar surface area (TPSA) is 66.4 Å². The lowest BCUT2D eigenvalue weighted by Gasteiger charge is -2.06. The highest BCUT2D eigenvalue weighted by atomic mass is 79.9. The summed E-state index contributed by atoms with van der Waals surface area (Å²) in [4.78, 5) is 0.565. The predicted octanol–water partition coefficient (Wildman–Crippen LogP) is 4.37. The van der Waals surface area contributed by atoms with Gasteiger partial charge in [0.2, 0.25) is 5.65 Å². The Morgan fingerprint density at radius 2 is 2.00 bits per heavy atom.